The average molecular weight is 424 g/mol. The molecule has 2 heterocycles. The van der Waals surface area contributed by atoms with Gasteiger partial charge in [0.2, 0.25) is 11.6 Å². The van der Waals surface area contributed by atoms with E-state index in [2.05, 4.69) is 0 Å². The maximum atomic E-state index is 13.8. The van der Waals surface area contributed by atoms with E-state index < -0.39 is 5.66 Å². The van der Waals surface area contributed by atoms with Crippen molar-refractivity contribution in [1.82, 2.24) is 9.80 Å². The molecule has 0 unspecified atom stereocenters. The Morgan fingerprint density at radius 3 is 2.50 bits per heavy atom. The minimum absolute atomic E-state index is 0.125. The molecule has 0 saturated carbocycles. The number of hydrogen-bond acceptors (Lipinski definition) is 4. The van der Waals surface area contributed by atoms with E-state index in [-0.39, 0.29) is 24.1 Å². The first-order valence-electron chi connectivity index (χ1n) is 10.1. The number of rotatable bonds is 5. The SMILES string of the molecule is CCN1C(=O)c2ccccc2N2C(=O)CC[C@@]12C(=O)N(C)Cc1ccc(SC)cc1. The third-order valence-electron chi connectivity index (χ3n) is 5.96. The lowest BCUT2D eigenvalue weighted by molar-refractivity contribution is -0.143. The van der Waals surface area contributed by atoms with E-state index in [0.717, 1.165) is 10.5 Å². The van der Waals surface area contributed by atoms with Crippen molar-refractivity contribution >= 4 is 35.2 Å². The van der Waals surface area contributed by atoms with Crippen LogP contribution in [0.1, 0.15) is 35.7 Å². The molecule has 1 fully saturated rings. The first kappa shape index (κ1) is 20.5. The molecule has 156 valence electrons. The number of benzene rings is 2. The van der Waals surface area contributed by atoms with Crippen LogP contribution in [0, 0.1) is 0 Å². The molecule has 30 heavy (non-hydrogen) atoms. The number of amides is 3. The number of thioether (sulfide) groups is 1. The van der Waals surface area contributed by atoms with Crippen LogP contribution < -0.4 is 4.90 Å². The van der Waals surface area contributed by atoms with Gasteiger partial charge in [-0.3, -0.25) is 19.3 Å². The van der Waals surface area contributed by atoms with Crippen LogP contribution >= 0.6 is 11.8 Å². The van der Waals surface area contributed by atoms with Crippen LogP contribution in [0.3, 0.4) is 0 Å². The van der Waals surface area contributed by atoms with Gasteiger partial charge in [-0.2, -0.15) is 0 Å². The third-order valence-corrected chi connectivity index (χ3v) is 6.70. The smallest absolute Gasteiger partial charge is 0.270 e. The van der Waals surface area contributed by atoms with Gasteiger partial charge in [-0.15, -0.1) is 11.8 Å². The number of carbonyl (C=O) groups excluding carboxylic acids is 3. The number of hydrogen-bond donors (Lipinski definition) is 0. The number of anilines is 1. The largest absolute Gasteiger partial charge is 0.338 e. The Morgan fingerprint density at radius 1 is 1.13 bits per heavy atom. The predicted molar refractivity (Wildman–Crippen MR) is 117 cm³/mol. The summed E-state index contributed by atoms with van der Waals surface area (Å²) in [5.74, 6) is -0.559. The summed E-state index contributed by atoms with van der Waals surface area (Å²) in [6, 6.07) is 15.1. The summed E-state index contributed by atoms with van der Waals surface area (Å²) in [6.45, 7) is 2.60. The van der Waals surface area contributed by atoms with Crippen LogP contribution in [-0.4, -0.2) is 53.0 Å². The van der Waals surface area contributed by atoms with Gasteiger partial charge in [0.15, 0.2) is 0 Å². The highest BCUT2D eigenvalue weighted by Crippen LogP contribution is 2.45. The molecule has 0 bridgehead atoms. The van der Waals surface area contributed by atoms with Crippen molar-refractivity contribution in [1.29, 1.82) is 0 Å². The molecule has 7 heteroatoms. The van der Waals surface area contributed by atoms with E-state index in [1.165, 1.54) is 0 Å². The maximum Gasteiger partial charge on any atom is 0.270 e. The molecule has 0 radical (unpaired) electrons. The molecule has 2 aromatic carbocycles. The monoisotopic (exact) mass is 423 g/mol. The molecule has 4 rings (SSSR count). The van der Waals surface area contributed by atoms with Gasteiger partial charge in [0.05, 0.1) is 11.3 Å². The number of para-hydroxylation sites is 1. The van der Waals surface area contributed by atoms with Gasteiger partial charge in [0, 0.05) is 37.9 Å². The van der Waals surface area contributed by atoms with E-state index in [9.17, 15) is 14.4 Å². The van der Waals surface area contributed by atoms with Crippen molar-refractivity contribution in [2.75, 3.05) is 24.7 Å². The summed E-state index contributed by atoms with van der Waals surface area (Å²) in [5.41, 5.74) is 0.696. The summed E-state index contributed by atoms with van der Waals surface area (Å²) in [4.78, 5) is 45.9. The fourth-order valence-electron chi connectivity index (χ4n) is 4.57. The molecule has 2 aromatic rings. The van der Waals surface area contributed by atoms with Crippen molar-refractivity contribution in [2.24, 2.45) is 0 Å². The zero-order chi connectivity index (χ0) is 21.5. The molecular formula is C23H25N3O3S. The first-order chi connectivity index (χ1) is 14.4. The molecule has 2 aliphatic heterocycles. The van der Waals surface area contributed by atoms with Crippen LogP contribution in [-0.2, 0) is 16.1 Å². The van der Waals surface area contributed by atoms with Crippen molar-refractivity contribution in [3.8, 4) is 0 Å². The van der Waals surface area contributed by atoms with Gasteiger partial charge in [-0.25, -0.2) is 0 Å². The zero-order valence-corrected chi connectivity index (χ0v) is 18.2. The molecule has 3 amide bonds. The fraction of sp³-hybridized carbons (Fsp3) is 0.348. The topological polar surface area (TPSA) is 60.9 Å². The van der Waals surface area contributed by atoms with Gasteiger partial charge in [0.25, 0.3) is 11.8 Å². The summed E-state index contributed by atoms with van der Waals surface area (Å²) in [6.07, 6.45) is 2.56. The molecule has 0 aliphatic carbocycles. The lowest BCUT2D eigenvalue weighted by atomic mass is 9.95. The van der Waals surface area contributed by atoms with Gasteiger partial charge in [-0.1, -0.05) is 24.3 Å². The van der Waals surface area contributed by atoms with Gasteiger partial charge >= 0.3 is 0 Å². The molecule has 0 N–H and O–H groups in total. The van der Waals surface area contributed by atoms with Gasteiger partial charge in [-0.05, 0) is 43.0 Å². The summed E-state index contributed by atoms with van der Waals surface area (Å²) in [7, 11) is 1.74. The van der Waals surface area contributed by atoms with Gasteiger partial charge < -0.3 is 9.80 Å². The van der Waals surface area contributed by atoms with Crippen molar-refractivity contribution < 1.29 is 14.4 Å². The molecule has 2 aliphatic rings. The van der Waals surface area contributed by atoms with Crippen molar-refractivity contribution in [2.45, 2.75) is 36.9 Å². The number of likely N-dealkylation sites (N-methyl/N-ethyl adjacent to an activating group) is 2. The van der Waals surface area contributed by atoms with E-state index >= 15 is 0 Å². The normalized spacial score (nSPS) is 20.2. The predicted octanol–water partition coefficient (Wildman–Crippen LogP) is 3.37. The van der Waals surface area contributed by atoms with E-state index in [4.69, 9.17) is 0 Å². The van der Waals surface area contributed by atoms with E-state index in [0.29, 0.717) is 30.8 Å². The highest BCUT2D eigenvalue weighted by molar-refractivity contribution is 7.98. The lowest BCUT2D eigenvalue weighted by Gasteiger charge is -2.50. The number of fused-ring (bicyclic) bond motifs is 3. The second-order valence-corrected chi connectivity index (χ2v) is 8.50. The summed E-state index contributed by atoms with van der Waals surface area (Å²) < 4.78 is 0. The van der Waals surface area contributed by atoms with Crippen molar-refractivity contribution in [3.05, 3.63) is 59.7 Å². The maximum absolute atomic E-state index is 13.8. The Morgan fingerprint density at radius 2 is 1.83 bits per heavy atom. The molecule has 0 spiro atoms. The van der Waals surface area contributed by atoms with Crippen LogP contribution in [0.15, 0.2) is 53.4 Å². The minimum Gasteiger partial charge on any atom is -0.338 e. The Balaban J connectivity index is 1.73. The van der Waals surface area contributed by atoms with Crippen LogP contribution in [0.25, 0.3) is 0 Å². The Kier molecular flexibility index (Phi) is 5.32. The summed E-state index contributed by atoms with van der Waals surface area (Å²) >= 11 is 1.67. The van der Waals surface area contributed by atoms with Crippen LogP contribution in [0.4, 0.5) is 5.69 Å². The molecule has 6 nitrogen and oxygen atoms in total. The highest BCUT2D eigenvalue weighted by Gasteiger charge is 2.61. The highest BCUT2D eigenvalue weighted by atomic mass is 32.2. The Labute approximate surface area is 180 Å². The molecule has 1 atom stereocenters. The fourth-order valence-corrected chi connectivity index (χ4v) is 4.98. The van der Waals surface area contributed by atoms with Crippen LogP contribution in [0.2, 0.25) is 0 Å². The van der Waals surface area contributed by atoms with E-state index in [1.807, 2.05) is 37.4 Å². The number of carbonyl (C=O) groups is 3. The van der Waals surface area contributed by atoms with Crippen LogP contribution in [0.5, 0.6) is 0 Å². The molecule has 1 saturated heterocycles. The quantitative estimate of drug-likeness (QED) is 0.692. The Bertz CT molecular complexity index is 1010. The van der Waals surface area contributed by atoms with E-state index in [1.54, 1.807) is 57.8 Å². The third kappa shape index (κ3) is 2.99. The Hall–Kier alpha value is -2.80. The molecule has 0 aromatic heterocycles. The zero-order valence-electron chi connectivity index (χ0n) is 17.4. The molecular weight excluding hydrogens is 398 g/mol. The van der Waals surface area contributed by atoms with Crippen molar-refractivity contribution in [3.63, 3.8) is 0 Å². The van der Waals surface area contributed by atoms with Gasteiger partial charge in [0.1, 0.15) is 0 Å². The average Bonchev–Trinajstić information content (AvgIpc) is 3.12. The second-order valence-electron chi connectivity index (χ2n) is 7.62. The minimum atomic E-state index is -1.30. The standard InChI is InChI=1S/C23H25N3O3S/c1-4-25-21(28)18-7-5-6-8-19(18)26-20(27)13-14-23(25,26)22(29)24(2)15-16-9-11-17(30-3)12-10-16/h5-12H,4,13-15H2,1-3H3/t23-/m1/s1. The first-order valence-corrected chi connectivity index (χ1v) is 11.3. The number of nitrogens with zero attached hydrogens (tertiary/aromatic N) is 3. The second kappa shape index (κ2) is 7.80. The lowest BCUT2D eigenvalue weighted by Crippen LogP contribution is -2.70. The summed E-state index contributed by atoms with van der Waals surface area (Å²) in [5, 5.41) is 0.